The number of ketones is 1. The van der Waals surface area contributed by atoms with Gasteiger partial charge in [0.1, 0.15) is 11.6 Å². The van der Waals surface area contributed by atoms with Crippen LogP contribution in [0.4, 0.5) is 0 Å². The zero-order valence-electron chi connectivity index (χ0n) is 14.5. The summed E-state index contributed by atoms with van der Waals surface area (Å²) in [6, 6.07) is 6.82. The van der Waals surface area contributed by atoms with Crippen LogP contribution in [-0.4, -0.2) is 32.6 Å². The summed E-state index contributed by atoms with van der Waals surface area (Å²) in [6.45, 7) is 4.40. The first kappa shape index (κ1) is 17.1. The van der Waals surface area contributed by atoms with Crippen LogP contribution in [0, 0.1) is 0 Å². The Bertz CT molecular complexity index is 784. The zero-order chi connectivity index (χ0) is 17.8. The fourth-order valence-corrected chi connectivity index (χ4v) is 2.86. The third-order valence-corrected chi connectivity index (χ3v) is 4.28. The molecule has 0 aliphatic carbocycles. The lowest BCUT2D eigenvalue weighted by molar-refractivity contribution is -0.127. The molecule has 7 nitrogen and oxygen atoms in total. The molecule has 2 aromatic rings. The van der Waals surface area contributed by atoms with Gasteiger partial charge in [-0.15, -0.1) is 10.2 Å². The maximum Gasteiger partial charge on any atom is 0.261 e. The highest BCUT2D eigenvalue weighted by molar-refractivity contribution is 5.94. The number of fused-ring (bicyclic) bond motifs is 1. The molecular formula is C18H22N4O3. The second-order valence-electron chi connectivity index (χ2n) is 6.20. The van der Waals surface area contributed by atoms with Crippen LogP contribution in [0.15, 0.2) is 24.3 Å². The van der Waals surface area contributed by atoms with Crippen molar-refractivity contribution in [1.29, 1.82) is 0 Å². The Hall–Kier alpha value is -2.70. The Kier molecular flexibility index (Phi) is 5.11. The first-order valence-corrected chi connectivity index (χ1v) is 8.51. The predicted molar refractivity (Wildman–Crippen MR) is 91.3 cm³/mol. The number of aromatic nitrogens is 3. The molecule has 0 saturated carbocycles. The van der Waals surface area contributed by atoms with Crippen molar-refractivity contribution >= 4 is 11.7 Å². The summed E-state index contributed by atoms with van der Waals surface area (Å²) in [5.74, 6) is 1.98. The molecule has 1 N–H and O–H groups in total. The average molecular weight is 342 g/mol. The molecule has 3 rings (SSSR count). The lowest BCUT2D eigenvalue weighted by Crippen LogP contribution is -2.36. The van der Waals surface area contributed by atoms with Gasteiger partial charge in [0.25, 0.3) is 5.91 Å². The van der Waals surface area contributed by atoms with Gasteiger partial charge in [-0.25, -0.2) is 0 Å². The first-order chi connectivity index (χ1) is 12.0. The molecule has 1 aromatic heterocycles. The molecule has 2 heterocycles. The van der Waals surface area contributed by atoms with Crippen molar-refractivity contribution in [3.63, 3.8) is 0 Å². The van der Waals surface area contributed by atoms with E-state index in [1.807, 2.05) is 0 Å². The Labute approximate surface area is 146 Å². The van der Waals surface area contributed by atoms with Crippen LogP contribution in [0.1, 0.15) is 48.7 Å². The summed E-state index contributed by atoms with van der Waals surface area (Å²) in [5, 5.41) is 11.2. The third kappa shape index (κ3) is 4.04. The maximum atomic E-state index is 12.3. The van der Waals surface area contributed by atoms with Crippen LogP contribution in [0.25, 0.3) is 0 Å². The Morgan fingerprint density at radius 2 is 2.16 bits per heavy atom. The van der Waals surface area contributed by atoms with Crippen LogP contribution in [-0.2, 0) is 24.3 Å². The Morgan fingerprint density at radius 1 is 1.32 bits per heavy atom. The highest BCUT2D eigenvalue weighted by Crippen LogP contribution is 2.16. The van der Waals surface area contributed by atoms with E-state index in [1.54, 1.807) is 31.2 Å². The van der Waals surface area contributed by atoms with E-state index in [4.69, 9.17) is 4.74 Å². The van der Waals surface area contributed by atoms with Crippen LogP contribution >= 0.6 is 0 Å². The minimum atomic E-state index is -0.675. The number of hydrogen-bond acceptors (Lipinski definition) is 5. The number of carbonyl (C=O) groups is 2. The van der Waals surface area contributed by atoms with Crippen molar-refractivity contribution in [3.8, 4) is 5.75 Å². The summed E-state index contributed by atoms with van der Waals surface area (Å²) in [6.07, 6.45) is 2.51. The maximum absolute atomic E-state index is 12.3. The number of nitrogens with one attached hydrogen (secondary N) is 1. The fourth-order valence-electron chi connectivity index (χ4n) is 2.86. The van der Waals surface area contributed by atoms with Crippen LogP contribution < -0.4 is 10.1 Å². The summed E-state index contributed by atoms with van der Waals surface area (Å²) in [5.41, 5.74) is 0.556. The first-order valence-electron chi connectivity index (χ1n) is 8.51. The molecule has 25 heavy (non-hydrogen) atoms. The number of rotatable bonds is 6. The largest absolute Gasteiger partial charge is 0.481 e. The van der Waals surface area contributed by atoms with E-state index in [1.165, 1.54) is 6.92 Å². The molecule has 132 valence electrons. The summed E-state index contributed by atoms with van der Waals surface area (Å²) in [4.78, 5) is 23.7. The van der Waals surface area contributed by atoms with E-state index in [0.717, 1.165) is 37.5 Å². The van der Waals surface area contributed by atoms with Gasteiger partial charge < -0.3 is 14.6 Å². The monoisotopic (exact) mass is 342 g/mol. The van der Waals surface area contributed by atoms with Gasteiger partial charge in [0, 0.05) is 18.5 Å². The smallest absolute Gasteiger partial charge is 0.261 e. The number of ether oxygens (including phenoxy) is 1. The van der Waals surface area contributed by atoms with E-state index in [0.29, 0.717) is 17.9 Å². The molecule has 0 radical (unpaired) electrons. The van der Waals surface area contributed by atoms with Crippen molar-refractivity contribution in [2.45, 2.75) is 52.3 Å². The van der Waals surface area contributed by atoms with Crippen molar-refractivity contribution in [2.75, 3.05) is 0 Å². The molecule has 0 fully saturated rings. The van der Waals surface area contributed by atoms with Gasteiger partial charge in [0.2, 0.25) is 0 Å². The quantitative estimate of drug-likeness (QED) is 0.810. The number of amides is 1. The molecule has 0 saturated heterocycles. The fraction of sp³-hybridized carbons (Fsp3) is 0.444. The molecule has 0 unspecified atom stereocenters. The molecular weight excluding hydrogens is 320 g/mol. The topological polar surface area (TPSA) is 86.1 Å². The number of hydrogen-bond donors (Lipinski definition) is 1. The minimum Gasteiger partial charge on any atom is -0.481 e. The minimum absolute atomic E-state index is 0.0425. The SMILES string of the molecule is CC(=O)c1cccc(O[C@@H](C)C(=O)NCc2nnc3n2CCCC3)c1. The third-order valence-electron chi connectivity index (χ3n) is 4.28. The number of aryl methyl sites for hydroxylation is 1. The predicted octanol–water partition coefficient (Wildman–Crippen LogP) is 1.90. The van der Waals surface area contributed by atoms with Gasteiger partial charge in [-0.2, -0.15) is 0 Å². The lowest BCUT2D eigenvalue weighted by atomic mass is 10.1. The molecule has 1 atom stereocenters. The highest BCUT2D eigenvalue weighted by atomic mass is 16.5. The van der Waals surface area contributed by atoms with Crippen LogP contribution in [0.2, 0.25) is 0 Å². The van der Waals surface area contributed by atoms with Gasteiger partial charge in [-0.1, -0.05) is 12.1 Å². The second kappa shape index (κ2) is 7.46. The number of Topliss-reactive ketones (excluding diaryl/α,β-unsaturated/α-hetero) is 1. The molecule has 0 bridgehead atoms. The summed E-state index contributed by atoms with van der Waals surface area (Å²) >= 11 is 0. The van der Waals surface area contributed by atoms with Gasteiger partial charge in [0.15, 0.2) is 17.7 Å². The highest BCUT2D eigenvalue weighted by Gasteiger charge is 2.19. The van der Waals surface area contributed by atoms with Crippen molar-refractivity contribution in [3.05, 3.63) is 41.5 Å². The normalized spacial score (nSPS) is 14.5. The van der Waals surface area contributed by atoms with E-state index < -0.39 is 6.10 Å². The van der Waals surface area contributed by atoms with Crippen molar-refractivity contribution < 1.29 is 14.3 Å². The van der Waals surface area contributed by atoms with Crippen LogP contribution in [0.3, 0.4) is 0 Å². The van der Waals surface area contributed by atoms with Crippen molar-refractivity contribution in [1.82, 2.24) is 20.1 Å². The van der Waals surface area contributed by atoms with E-state index in [9.17, 15) is 9.59 Å². The van der Waals surface area contributed by atoms with Gasteiger partial charge >= 0.3 is 0 Å². The van der Waals surface area contributed by atoms with Crippen LogP contribution in [0.5, 0.6) is 5.75 Å². The second-order valence-corrected chi connectivity index (χ2v) is 6.20. The molecule has 0 spiro atoms. The molecule has 7 heteroatoms. The Balaban J connectivity index is 1.57. The van der Waals surface area contributed by atoms with E-state index in [-0.39, 0.29) is 11.7 Å². The average Bonchev–Trinajstić information content (AvgIpc) is 3.03. The van der Waals surface area contributed by atoms with Gasteiger partial charge in [0.05, 0.1) is 6.54 Å². The standard InChI is InChI=1S/C18H22N4O3/c1-12(23)14-6-5-7-15(10-14)25-13(2)18(24)19-11-17-21-20-16-8-3-4-9-22(16)17/h5-7,10,13H,3-4,8-9,11H2,1-2H3,(H,19,24)/t13-/m0/s1. The number of benzene rings is 1. The molecule has 1 aliphatic rings. The van der Waals surface area contributed by atoms with E-state index >= 15 is 0 Å². The van der Waals surface area contributed by atoms with E-state index in [2.05, 4.69) is 20.1 Å². The van der Waals surface area contributed by atoms with Crippen molar-refractivity contribution in [2.24, 2.45) is 0 Å². The number of nitrogens with zero attached hydrogens (tertiary/aromatic N) is 3. The van der Waals surface area contributed by atoms with Gasteiger partial charge in [-0.05, 0) is 38.8 Å². The summed E-state index contributed by atoms with van der Waals surface area (Å²) in [7, 11) is 0. The zero-order valence-corrected chi connectivity index (χ0v) is 14.5. The molecule has 1 amide bonds. The molecule has 1 aromatic carbocycles. The Morgan fingerprint density at radius 3 is 2.96 bits per heavy atom. The molecule has 1 aliphatic heterocycles. The van der Waals surface area contributed by atoms with Gasteiger partial charge in [-0.3, -0.25) is 9.59 Å². The summed E-state index contributed by atoms with van der Waals surface area (Å²) < 4.78 is 7.72. The number of carbonyl (C=O) groups excluding carboxylic acids is 2. The lowest BCUT2D eigenvalue weighted by Gasteiger charge is -2.17.